The van der Waals surface area contributed by atoms with Gasteiger partial charge in [-0.3, -0.25) is 9.36 Å². The Labute approximate surface area is 181 Å². The van der Waals surface area contributed by atoms with Crippen LogP contribution in [0.5, 0.6) is 5.75 Å². The molecule has 8 nitrogen and oxygen atoms in total. The van der Waals surface area contributed by atoms with E-state index in [0.717, 1.165) is 22.4 Å². The van der Waals surface area contributed by atoms with Gasteiger partial charge in [-0.25, -0.2) is 4.98 Å². The first-order valence-corrected chi connectivity index (χ1v) is 10.0. The van der Waals surface area contributed by atoms with Crippen molar-refractivity contribution in [2.45, 2.75) is 13.0 Å². The van der Waals surface area contributed by atoms with Crippen LogP contribution >= 0.6 is 11.6 Å². The number of nitrogens with zero attached hydrogens (tertiary/aromatic N) is 6. The average molecular weight is 433 g/mol. The first-order chi connectivity index (χ1) is 15.1. The van der Waals surface area contributed by atoms with Gasteiger partial charge in [0.15, 0.2) is 16.8 Å². The highest BCUT2D eigenvalue weighted by atomic mass is 35.5. The van der Waals surface area contributed by atoms with Crippen LogP contribution in [-0.2, 0) is 13.0 Å². The van der Waals surface area contributed by atoms with Crippen LogP contribution in [0, 0.1) is 0 Å². The predicted octanol–water partition coefficient (Wildman–Crippen LogP) is 3.41. The van der Waals surface area contributed by atoms with E-state index in [0.29, 0.717) is 29.3 Å². The van der Waals surface area contributed by atoms with Crippen molar-refractivity contribution in [2.24, 2.45) is 0 Å². The van der Waals surface area contributed by atoms with Gasteiger partial charge in [0.25, 0.3) is 5.56 Å². The van der Waals surface area contributed by atoms with Crippen molar-refractivity contribution in [2.75, 3.05) is 7.11 Å². The van der Waals surface area contributed by atoms with Crippen molar-refractivity contribution in [1.82, 2.24) is 29.4 Å². The van der Waals surface area contributed by atoms with E-state index in [4.69, 9.17) is 16.3 Å². The van der Waals surface area contributed by atoms with Gasteiger partial charge in [-0.15, -0.1) is 10.2 Å². The molecule has 5 aromatic rings. The highest BCUT2D eigenvalue weighted by Crippen LogP contribution is 2.25. The number of benzene rings is 2. The van der Waals surface area contributed by atoms with Gasteiger partial charge in [0, 0.05) is 17.1 Å². The van der Waals surface area contributed by atoms with Crippen molar-refractivity contribution < 1.29 is 4.74 Å². The quantitative estimate of drug-likeness (QED) is 0.423. The van der Waals surface area contributed by atoms with Crippen molar-refractivity contribution in [3.05, 3.63) is 82.0 Å². The molecular weight excluding hydrogens is 416 g/mol. The molecule has 0 amide bonds. The van der Waals surface area contributed by atoms with Crippen molar-refractivity contribution in [3.8, 4) is 16.9 Å². The molecule has 0 aliphatic carbocycles. The lowest BCUT2D eigenvalue weighted by atomic mass is 10.1. The molecule has 9 heteroatoms. The number of halogens is 1. The molecule has 0 aliphatic heterocycles. The van der Waals surface area contributed by atoms with Crippen molar-refractivity contribution in [3.63, 3.8) is 0 Å². The Morgan fingerprint density at radius 3 is 2.52 bits per heavy atom. The highest BCUT2D eigenvalue weighted by Gasteiger charge is 2.15. The van der Waals surface area contributed by atoms with Gasteiger partial charge >= 0.3 is 0 Å². The van der Waals surface area contributed by atoms with Crippen LogP contribution < -0.4 is 10.3 Å². The second kappa shape index (κ2) is 7.81. The monoisotopic (exact) mass is 432 g/mol. The van der Waals surface area contributed by atoms with E-state index < -0.39 is 0 Å². The van der Waals surface area contributed by atoms with E-state index in [1.807, 2.05) is 36.4 Å². The van der Waals surface area contributed by atoms with Gasteiger partial charge in [-0.05, 0) is 41.8 Å². The number of fused-ring (bicyclic) bond motifs is 3. The van der Waals surface area contributed by atoms with Gasteiger partial charge in [0.2, 0.25) is 0 Å². The third-order valence-electron chi connectivity index (χ3n) is 5.14. The summed E-state index contributed by atoms with van der Waals surface area (Å²) in [7, 11) is 1.63. The Morgan fingerprint density at radius 1 is 1.00 bits per heavy atom. The molecule has 0 saturated carbocycles. The van der Waals surface area contributed by atoms with Crippen molar-refractivity contribution >= 4 is 28.4 Å². The van der Waals surface area contributed by atoms with Crippen molar-refractivity contribution in [1.29, 1.82) is 0 Å². The Hall–Kier alpha value is -3.78. The van der Waals surface area contributed by atoms with Gasteiger partial charge in [0.05, 0.1) is 13.3 Å². The molecule has 154 valence electrons. The standard InChI is InChI=1S/C22H17ClN6O2/c1-31-17-8-2-14(3-9-17)10-11-28-13-24-21-19(22(28)30)26-27-20-18(12-25-29(20)21)15-4-6-16(23)7-5-15/h2-9,12-13H,10-11H2,1H3. The molecule has 0 fully saturated rings. The van der Waals surface area contributed by atoms with Crippen LogP contribution in [0.15, 0.2) is 65.8 Å². The van der Waals surface area contributed by atoms with E-state index in [1.54, 1.807) is 30.0 Å². The Balaban J connectivity index is 1.49. The number of ether oxygens (including phenoxy) is 1. The fourth-order valence-electron chi connectivity index (χ4n) is 3.44. The lowest BCUT2D eigenvalue weighted by Crippen LogP contribution is -2.23. The molecule has 0 radical (unpaired) electrons. The van der Waals surface area contributed by atoms with E-state index in [-0.39, 0.29) is 11.1 Å². The second-order valence-electron chi connectivity index (χ2n) is 7.01. The number of methoxy groups -OCH3 is 1. The van der Waals surface area contributed by atoms with Gasteiger partial charge in [0.1, 0.15) is 12.1 Å². The molecule has 31 heavy (non-hydrogen) atoms. The lowest BCUT2D eigenvalue weighted by Gasteiger charge is -2.07. The molecule has 3 heterocycles. The Morgan fingerprint density at radius 2 is 1.77 bits per heavy atom. The fraction of sp³-hybridized carbons (Fsp3) is 0.136. The first kappa shape index (κ1) is 19.2. The van der Waals surface area contributed by atoms with E-state index in [9.17, 15) is 4.79 Å². The summed E-state index contributed by atoms with van der Waals surface area (Å²) in [5.41, 5.74) is 3.60. The predicted molar refractivity (Wildman–Crippen MR) is 117 cm³/mol. The van der Waals surface area contributed by atoms with Gasteiger partial charge < -0.3 is 4.74 Å². The maximum atomic E-state index is 13.0. The molecule has 0 saturated heterocycles. The summed E-state index contributed by atoms with van der Waals surface area (Å²) in [6.07, 6.45) is 3.89. The van der Waals surface area contributed by atoms with E-state index in [1.165, 1.54) is 10.9 Å². The Bertz CT molecular complexity index is 1440. The minimum Gasteiger partial charge on any atom is -0.497 e. The zero-order valence-electron chi connectivity index (χ0n) is 16.6. The molecular formula is C22H17ClN6O2. The third kappa shape index (κ3) is 3.51. The average Bonchev–Trinajstić information content (AvgIpc) is 3.24. The summed E-state index contributed by atoms with van der Waals surface area (Å²) < 4.78 is 8.26. The summed E-state index contributed by atoms with van der Waals surface area (Å²) in [5.74, 6) is 0.796. The minimum absolute atomic E-state index is 0.176. The normalized spacial score (nSPS) is 11.3. The summed E-state index contributed by atoms with van der Waals surface area (Å²) in [6, 6.07) is 15.1. The molecule has 3 aromatic heterocycles. The molecule has 0 aliphatic rings. The molecule has 0 bridgehead atoms. The zero-order chi connectivity index (χ0) is 21.4. The molecule has 0 N–H and O–H groups in total. The second-order valence-corrected chi connectivity index (χ2v) is 7.45. The number of hydrogen-bond acceptors (Lipinski definition) is 6. The maximum absolute atomic E-state index is 13.0. The van der Waals surface area contributed by atoms with Crippen LogP contribution in [-0.4, -0.2) is 36.5 Å². The maximum Gasteiger partial charge on any atom is 0.283 e. The van der Waals surface area contributed by atoms with E-state index in [2.05, 4.69) is 20.3 Å². The van der Waals surface area contributed by atoms with Crippen LogP contribution in [0.2, 0.25) is 5.02 Å². The number of hydrogen-bond donors (Lipinski definition) is 0. The van der Waals surface area contributed by atoms with E-state index >= 15 is 0 Å². The smallest absolute Gasteiger partial charge is 0.283 e. The summed E-state index contributed by atoms with van der Waals surface area (Å²) >= 11 is 5.98. The third-order valence-corrected chi connectivity index (χ3v) is 5.39. The molecule has 0 unspecified atom stereocenters. The van der Waals surface area contributed by atoms with Gasteiger partial charge in [-0.2, -0.15) is 9.61 Å². The van der Waals surface area contributed by atoms with Crippen LogP contribution in [0.1, 0.15) is 5.56 Å². The topological polar surface area (TPSA) is 87.2 Å². The Kier molecular flexibility index (Phi) is 4.83. The SMILES string of the molecule is COc1ccc(CCn2cnc3c(nnc4c(-c5ccc(Cl)cc5)cnn43)c2=O)cc1. The van der Waals surface area contributed by atoms with Crippen LogP contribution in [0.25, 0.3) is 27.9 Å². The number of aromatic nitrogens is 6. The molecule has 5 rings (SSSR count). The number of rotatable bonds is 5. The van der Waals surface area contributed by atoms with Crippen LogP contribution in [0.4, 0.5) is 0 Å². The minimum atomic E-state index is -0.253. The molecule has 0 atom stereocenters. The highest BCUT2D eigenvalue weighted by molar-refractivity contribution is 6.30. The fourth-order valence-corrected chi connectivity index (χ4v) is 3.56. The summed E-state index contributed by atoms with van der Waals surface area (Å²) in [5, 5.41) is 13.5. The largest absolute Gasteiger partial charge is 0.497 e. The lowest BCUT2D eigenvalue weighted by molar-refractivity contribution is 0.414. The molecule has 2 aromatic carbocycles. The van der Waals surface area contributed by atoms with Gasteiger partial charge in [-0.1, -0.05) is 35.9 Å². The zero-order valence-corrected chi connectivity index (χ0v) is 17.3. The van der Waals surface area contributed by atoms with Crippen LogP contribution in [0.3, 0.4) is 0 Å². The summed E-state index contributed by atoms with van der Waals surface area (Å²) in [6.45, 7) is 0.475. The molecule has 0 spiro atoms. The number of aryl methyl sites for hydroxylation is 2. The first-order valence-electron chi connectivity index (χ1n) is 9.62. The summed E-state index contributed by atoms with van der Waals surface area (Å²) in [4.78, 5) is 17.4.